The third-order valence-corrected chi connectivity index (χ3v) is 14.3. The fourth-order valence-electron chi connectivity index (χ4n) is 7.95. The van der Waals surface area contributed by atoms with Crippen LogP contribution < -0.4 is 0 Å². The van der Waals surface area contributed by atoms with Crippen LogP contribution in [0.1, 0.15) is 112 Å². The Morgan fingerprint density at radius 1 is 0.293 bits per heavy atom. The molecule has 0 N–H and O–H groups in total. The second-order valence-electron chi connectivity index (χ2n) is 21.6. The van der Waals surface area contributed by atoms with Crippen LogP contribution in [0.5, 0.6) is 0 Å². The molecule has 0 heterocycles. The van der Waals surface area contributed by atoms with Crippen LogP contribution in [-0.2, 0) is 58.4 Å². The second kappa shape index (κ2) is 37.2. The van der Waals surface area contributed by atoms with Gasteiger partial charge in [-0.25, -0.2) is 18.2 Å². The van der Waals surface area contributed by atoms with E-state index in [1.165, 1.54) is 88.7 Å². The van der Waals surface area contributed by atoms with Gasteiger partial charge < -0.3 is 17.1 Å². The van der Waals surface area contributed by atoms with Gasteiger partial charge in [0, 0.05) is 0 Å². The van der Waals surface area contributed by atoms with E-state index in [0.29, 0.717) is 0 Å². The topological polar surface area (TPSA) is 0 Å². The molecule has 0 spiro atoms. The van der Waals surface area contributed by atoms with Crippen LogP contribution in [0.2, 0.25) is 58.9 Å². The van der Waals surface area contributed by atoms with E-state index in [1.54, 1.807) is 0 Å². The zero-order chi connectivity index (χ0) is 52.2. The molecule has 6 heteroatoms. The monoisotopic (exact) mass is 1190 g/mol. The van der Waals surface area contributed by atoms with Crippen molar-refractivity contribution in [3.05, 3.63) is 267 Å². The summed E-state index contributed by atoms with van der Waals surface area (Å²) in [6, 6.07) is 63.2. The van der Waals surface area contributed by atoms with E-state index < -0.39 is 24.2 Å². The molecular formula is C69H84Si3Zn3. The predicted octanol–water partition coefficient (Wildman–Crippen LogP) is 20.1. The minimum atomic E-state index is -1.43. The summed E-state index contributed by atoms with van der Waals surface area (Å²) in [5, 5.41) is 0. The number of hydrogen-bond acceptors (Lipinski definition) is 0. The summed E-state index contributed by atoms with van der Waals surface area (Å²) in [6.45, 7) is 27.9. The van der Waals surface area contributed by atoms with Crippen LogP contribution >= 0.6 is 0 Å². The summed E-state index contributed by atoms with van der Waals surface area (Å²) in [5.74, 6) is 0. The van der Waals surface area contributed by atoms with Gasteiger partial charge in [-0.2, -0.15) is 16.7 Å². The maximum absolute atomic E-state index is 3.87. The van der Waals surface area contributed by atoms with Gasteiger partial charge in [-0.3, -0.25) is 33.4 Å². The number of hydrogen-bond donors (Lipinski definition) is 0. The van der Waals surface area contributed by atoms with Gasteiger partial charge in [0.1, 0.15) is 0 Å². The van der Waals surface area contributed by atoms with Gasteiger partial charge in [0.2, 0.25) is 0 Å². The molecule has 75 heavy (non-hydrogen) atoms. The molecule has 0 unspecified atom stereocenters. The first-order valence-corrected chi connectivity index (χ1v) is 37.1. The molecule has 6 aromatic rings. The zero-order valence-electron chi connectivity index (χ0n) is 48.3. The molecule has 0 aliphatic carbocycles. The summed E-state index contributed by atoms with van der Waals surface area (Å²) in [4.78, 5) is 0. The van der Waals surface area contributed by atoms with Crippen LogP contribution in [0.4, 0.5) is 0 Å². The molecule has 6 rings (SSSR count). The summed E-state index contributed by atoms with van der Waals surface area (Å²) in [6.07, 6.45) is 21.4. The average Bonchev–Trinajstić information content (AvgIpc) is 3.37. The Labute approximate surface area is 499 Å². The smallest absolute Gasteiger partial charge is 0.317 e. The van der Waals surface area contributed by atoms with Gasteiger partial charge in [0.05, 0.1) is 0 Å². The van der Waals surface area contributed by atoms with Crippen LogP contribution in [0.3, 0.4) is 0 Å². The van der Waals surface area contributed by atoms with Crippen molar-refractivity contribution < 1.29 is 58.4 Å². The zero-order valence-corrected chi connectivity index (χ0v) is 60.2. The Morgan fingerprint density at radius 3 is 0.653 bits per heavy atom. The van der Waals surface area contributed by atoms with E-state index in [9.17, 15) is 0 Å². The molecule has 0 radical (unpaired) electrons. The SMILES string of the molecule is CCCCC(=[C-][Si](C)(C)C)C(=[C-]c1ccccc1)c1ccccc1.CCCCC(=[C-][Si](C)(C)C)C(=[C-]c1ccccc1)c1ccccc1.CCCCC(=[C-][Si](C)(C)C)C(=[C-]c1ccccc1)c1ccccc1.[Zn+2].[Zn+2].[Zn+2]. The number of allylic oxidation sites excluding steroid dienone is 6. The van der Waals surface area contributed by atoms with Crippen LogP contribution in [0.25, 0.3) is 16.7 Å². The van der Waals surface area contributed by atoms with E-state index in [-0.39, 0.29) is 58.4 Å². The number of unbranched alkanes of at least 4 members (excludes halogenated alkanes) is 3. The van der Waals surface area contributed by atoms with Crippen LogP contribution in [0, 0.1) is 35.3 Å². The van der Waals surface area contributed by atoms with Gasteiger partial charge in [-0.1, -0.05) is 247 Å². The summed E-state index contributed by atoms with van der Waals surface area (Å²) in [7, 11) is -4.29. The Bertz CT molecular complexity index is 2330. The average molecular weight is 1190 g/mol. The quantitative estimate of drug-likeness (QED) is 0.0292. The second-order valence-corrected chi connectivity index (χ2v) is 35.8. The van der Waals surface area contributed by atoms with Gasteiger partial charge in [0.25, 0.3) is 0 Å². The molecule has 6 aromatic carbocycles. The third kappa shape index (κ3) is 28.5. The van der Waals surface area contributed by atoms with Crippen LogP contribution in [-0.4, -0.2) is 24.2 Å². The molecule has 0 bridgehead atoms. The number of benzene rings is 6. The molecule has 0 aliphatic heterocycles. The fourth-order valence-corrected chi connectivity index (χ4v) is 11.4. The van der Waals surface area contributed by atoms with Crippen molar-refractivity contribution in [1.29, 1.82) is 0 Å². The summed E-state index contributed by atoms with van der Waals surface area (Å²) in [5.41, 5.74) is 26.3. The molecule has 0 saturated carbocycles. The normalized spacial score (nSPS) is 12.6. The van der Waals surface area contributed by atoms with Crippen molar-refractivity contribution in [3.63, 3.8) is 0 Å². The van der Waals surface area contributed by atoms with E-state index >= 15 is 0 Å². The molecule has 0 aromatic heterocycles. The van der Waals surface area contributed by atoms with E-state index in [2.05, 4.69) is 297 Å². The maximum Gasteiger partial charge on any atom is 2.00 e. The molecule has 0 nitrogen and oxygen atoms in total. The van der Waals surface area contributed by atoms with Crippen LogP contribution in [0.15, 0.2) is 199 Å². The Hall–Kier alpha value is -3.72. The first-order valence-electron chi connectivity index (χ1n) is 26.6. The van der Waals surface area contributed by atoms with Gasteiger partial charge in [-0.05, 0) is 24.2 Å². The first kappa shape index (κ1) is 69.3. The minimum Gasteiger partial charge on any atom is -0.317 e. The Morgan fingerprint density at radius 2 is 0.480 bits per heavy atom. The van der Waals surface area contributed by atoms with Crippen molar-refractivity contribution >= 4 is 40.9 Å². The minimum absolute atomic E-state index is 0. The molecule has 0 aliphatic rings. The van der Waals surface area contributed by atoms with Crippen molar-refractivity contribution in [2.45, 2.75) is 137 Å². The molecule has 0 atom stereocenters. The standard InChI is InChI=1S/3C23H28Si.3Zn/c3*1-5-6-15-22(19-24(2,3)4)23(21-16-11-8-12-17-21)18-20-13-9-7-10-14-20;;;/h3*7-14,16-17H,5-6,15H2,1-4H3;;;/q3*-2;3*+2. The first-order chi connectivity index (χ1) is 34.5. The Balaban J connectivity index is 0.000000551. The van der Waals surface area contributed by atoms with E-state index in [4.69, 9.17) is 0 Å². The molecule has 0 fully saturated rings. The molecule has 0 saturated heterocycles. The van der Waals surface area contributed by atoms with Gasteiger partial charge in [-0.15, -0.1) is 89.5 Å². The Kier molecular flexibility index (Phi) is 34.3. The summed E-state index contributed by atoms with van der Waals surface area (Å²) < 4.78 is 0. The maximum atomic E-state index is 3.87. The summed E-state index contributed by atoms with van der Waals surface area (Å²) >= 11 is 0. The largest absolute Gasteiger partial charge is 2.00 e. The van der Waals surface area contributed by atoms with Crippen molar-refractivity contribution in [2.24, 2.45) is 0 Å². The van der Waals surface area contributed by atoms with Gasteiger partial charge in [0.15, 0.2) is 0 Å². The van der Waals surface area contributed by atoms with Gasteiger partial charge >= 0.3 is 58.4 Å². The predicted molar refractivity (Wildman–Crippen MR) is 325 cm³/mol. The van der Waals surface area contributed by atoms with Crippen molar-refractivity contribution in [2.75, 3.05) is 0 Å². The molecule has 0 amide bonds. The van der Waals surface area contributed by atoms with Crippen molar-refractivity contribution in [1.82, 2.24) is 0 Å². The van der Waals surface area contributed by atoms with Crippen molar-refractivity contribution in [3.8, 4) is 0 Å². The number of rotatable bonds is 21. The fraction of sp³-hybridized carbons (Fsp3) is 0.304. The third-order valence-electron chi connectivity index (χ3n) is 11.1. The van der Waals surface area contributed by atoms with E-state index in [1.807, 2.05) is 0 Å². The molecular weight excluding hydrogens is 1110 g/mol. The molecule has 378 valence electrons. The van der Waals surface area contributed by atoms with E-state index in [0.717, 1.165) is 36.0 Å².